The van der Waals surface area contributed by atoms with E-state index in [0.717, 1.165) is 29.0 Å². The summed E-state index contributed by atoms with van der Waals surface area (Å²) < 4.78 is 1.94. The maximum atomic E-state index is 12.7. The zero-order chi connectivity index (χ0) is 19.1. The van der Waals surface area contributed by atoms with E-state index < -0.39 is 0 Å². The van der Waals surface area contributed by atoms with Crippen molar-refractivity contribution in [1.29, 1.82) is 5.26 Å². The first-order valence-corrected chi connectivity index (χ1v) is 9.45. The maximum Gasteiger partial charge on any atom is 0.257 e. The highest BCUT2D eigenvalue weighted by Gasteiger charge is 2.23. The summed E-state index contributed by atoms with van der Waals surface area (Å²) in [6, 6.07) is 5.85. The van der Waals surface area contributed by atoms with Crippen molar-refractivity contribution in [3.8, 4) is 6.07 Å². The van der Waals surface area contributed by atoms with Crippen LogP contribution < -0.4 is 5.32 Å². The van der Waals surface area contributed by atoms with Gasteiger partial charge in [-0.3, -0.25) is 4.79 Å². The SMILES string of the molecule is CCc1nc2ccc(C(=O)Nc3scc(C(C)(C)C)c3C#N)cn2c1C. The summed E-state index contributed by atoms with van der Waals surface area (Å²) in [6.07, 6.45) is 2.65. The lowest BCUT2D eigenvalue weighted by Crippen LogP contribution is -2.15. The van der Waals surface area contributed by atoms with Crippen molar-refractivity contribution in [1.82, 2.24) is 9.38 Å². The van der Waals surface area contributed by atoms with Crippen LogP contribution in [0, 0.1) is 18.3 Å². The fourth-order valence-electron chi connectivity index (χ4n) is 2.97. The molecule has 134 valence electrons. The Morgan fingerprint density at radius 2 is 2.12 bits per heavy atom. The number of imidazole rings is 1. The van der Waals surface area contributed by atoms with Crippen LogP contribution in [0.25, 0.3) is 5.65 Å². The second-order valence-electron chi connectivity index (χ2n) is 7.31. The number of pyridine rings is 1. The van der Waals surface area contributed by atoms with Crippen LogP contribution in [-0.4, -0.2) is 15.3 Å². The van der Waals surface area contributed by atoms with E-state index in [1.807, 2.05) is 22.8 Å². The Labute approximate surface area is 157 Å². The van der Waals surface area contributed by atoms with Crippen molar-refractivity contribution in [3.05, 3.63) is 51.8 Å². The molecule has 0 saturated carbocycles. The van der Waals surface area contributed by atoms with Gasteiger partial charge in [0.05, 0.1) is 16.8 Å². The largest absolute Gasteiger partial charge is 0.312 e. The first kappa shape index (κ1) is 18.2. The number of amides is 1. The van der Waals surface area contributed by atoms with E-state index in [-0.39, 0.29) is 11.3 Å². The van der Waals surface area contributed by atoms with Gasteiger partial charge in [-0.2, -0.15) is 5.26 Å². The molecule has 6 heteroatoms. The first-order chi connectivity index (χ1) is 12.3. The highest BCUT2D eigenvalue weighted by molar-refractivity contribution is 7.14. The van der Waals surface area contributed by atoms with Crippen LogP contribution in [0.3, 0.4) is 0 Å². The third-order valence-corrected chi connectivity index (χ3v) is 5.39. The van der Waals surface area contributed by atoms with Crippen LogP contribution in [0.5, 0.6) is 0 Å². The van der Waals surface area contributed by atoms with E-state index in [2.05, 4.69) is 44.1 Å². The molecule has 26 heavy (non-hydrogen) atoms. The third kappa shape index (κ3) is 3.11. The number of thiophene rings is 1. The van der Waals surface area contributed by atoms with Gasteiger partial charge in [0.2, 0.25) is 0 Å². The molecule has 3 heterocycles. The molecule has 3 aromatic heterocycles. The first-order valence-electron chi connectivity index (χ1n) is 8.57. The number of carbonyl (C=O) groups excluding carboxylic acids is 1. The number of aryl methyl sites for hydroxylation is 2. The minimum Gasteiger partial charge on any atom is -0.312 e. The molecule has 0 atom stereocenters. The van der Waals surface area contributed by atoms with Gasteiger partial charge in [-0.25, -0.2) is 4.98 Å². The fourth-order valence-corrected chi connectivity index (χ4v) is 4.10. The molecule has 0 aliphatic carbocycles. The van der Waals surface area contributed by atoms with E-state index in [1.165, 1.54) is 11.3 Å². The van der Waals surface area contributed by atoms with Crippen LogP contribution >= 0.6 is 11.3 Å². The van der Waals surface area contributed by atoms with Gasteiger partial charge < -0.3 is 9.72 Å². The summed E-state index contributed by atoms with van der Waals surface area (Å²) in [5.74, 6) is -0.225. The Bertz CT molecular complexity index is 1030. The molecule has 0 radical (unpaired) electrons. The Morgan fingerprint density at radius 1 is 1.38 bits per heavy atom. The summed E-state index contributed by atoms with van der Waals surface area (Å²) in [6.45, 7) is 10.2. The van der Waals surface area contributed by atoms with Crippen LogP contribution in [0.1, 0.15) is 60.6 Å². The van der Waals surface area contributed by atoms with Gasteiger partial charge in [-0.05, 0) is 41.8 Å². The predicted octanol–water partition coefficient (Wildman–Crippen LogP) is 4.69. The van der Waals surface area contributed by atoms with Crippen molar-refractivity contribution in [2.75, 3.05) is 5.32 Å². The van der Waals surface area contributed by atoms with E-state index in [4.69, 9.17) is 0 Å². The summed E-state index contributed by atoms with van der Waals surface area (Å²) in [7, 11) is 0. The Hall–Kier alpha value is -2.65. The molecule has 5 nitrogen and oxygen atoms in total. The average Bonchev–Trinajstić information content (AvgIpc) is 3.15. The minimum atomic E-state index is -0.225. The number of aromatic nitrogens is 2. The fraction of sp³-hybridized carbons (Fsp3) is 0.350. The molecule has 1 amide bonds. The molecule has 0 spiro atoms. The summed E-state index contributed by atoms with van der Waals surface area (Å²) in [5, 5.41) is 15.0. The van der Waals surface area contributed by atoms with Crippen molar-refractivity contribution >= 4 is 27.9 Å². The van der Waals surface area contributed by atoms with Crippen LogP contribution in [-0.2, 0) is 11.8 Å². The number of nitriles is 1. The highest BCUT2D eigenvalue weighted by atomic mass is 32.1. The third-order valence-electron chi connectivity index (χ3n) is 4.49. The maximum absolute atomic E-state index is 12.7. The molecule has 0 aliphatic rings. The molecule has 0 fully saturated rings. The number of rotatable bonds is 3. The zero-order valence-corrected chi connectivity index (χ0v) is 16.5. The lowest BCUT2D eigenvalue weighted by Gasteiger charge is -2.17. The topological polar surface area (TPSA) is 70.2 Å². The summed E-state index contributed by atoms with van der Waals surface area (Å²) in [4.78, 5) is 17.3. The normalized spacial score (nSPS) is 11.5. The average molecular weight is 366 g/mol. The van der Waals surface area contributed by atoms with E-state index in [9.17, 15) is 10.1 Å². The second-order valence-corrected chi connectivity index (χ2v) is 8.19. The van der Waals surface area contributed by atoms with E-state index in [1.54, 1.807) is 12.3 Å². The lowest BCUT2D eigenvalue weighted by molar-refractivity contribution is 0.102. The Balaban J connectivity index is 1.94. The van der Waals surface area contributed by atoms with Crippen molar-refractivity contribution in [2.24, 2.45) is 0 Å². The van der Waals surface area contributed by atoms with E-state index >= 15 is 0 Å². The number of anilines is 1. The van der Waals surface area contributed by atoms with Gasteiger partial charge in [0, 0.05) is 11.9 Å². The lowest BCUT2D eigenvalue weighted by atomic mass is 9.86. The molecular weight excluding hydrogens is 344 g/mol. The molecule has 0 unspecified atom stereocenters. The minimum absolute atomic E-state index is 0.145. The number of nitrogens with one attached hydrogen (secondary N) is 1. The standard InChI is InChI=1S/C20H22N4OS/c1-6-16-12(2)24-10-13(7-8-17(24)22-16)18(25)23-19-14(9-21)15(11-26-19)20(3,4)5/h7-8,10-11H,6H2,1-5H3,(H,23,25). The van der Waals surface area contributed by atoms with Crippen molar-refractivity contribution < 1.29 is 4.79 Å². The van der Waals surface area contributed by atoms with Gasteiger partial charge >= 0.3 is 0 Å². The Morgan fingerprint density at radius 3 is 2.73 bits per heavy atom. The molecule has 0 aliphatic heterocycles. The molecule has 0 saturated heterocycles. The highest BCUT2D eigenvalue weighted by Crippen LogP contribution is 2.35. The number of nitrogens with zero attached hydrogens (tertiary/aromatic N) is 3. The zero-order valence-electron chi connectivity index (χ0n) is 15.7. The van der Waals surface area contributed by atoms with Gasteiger partial charge in [-0.1, -0.05) is 27.7 Å². The van der Waals surface area contributed by atoms with Gasteiger partial charge in [-0.15, -0.1) is 11.3 Å². The van der Waals surface area contributed by atoms with Gasteiger partial charge in [0.25, 0.3) is 5.91 Å². The van der Waals surface area contributed by atoms with Crippen molar-refractivity contribution in [3.63, 3.8) is 0 Å². The number of hydrogen-bond donors (Lipinski definition) is 1. The van der Waals surface area contributed by atoms with Crippen LogP contribution in [0.15, 0.2) is 23.7 Å². The van der Waals surface area contributed by atoms with Crippen molar-refractivity contribution in [2.45, 2.75) is 46.5 Å². The quantitative estimate of drug-likeness (QED) is 0.731. The molecule has 1 N–H and O–H groups in total. The molecule has 0 bridgehead atoms. The number of hydrogen-bond acceptors (Lipinski definition) is 4. The molecule has 3 aromatic rings. The Kier molecular flexibility index (Phi) is 4.59. The predicted molar refractivity (Wildman–Crippen MR) is 105 cm³/mol. The summed E-state index contributed by atoms with van der Waals surface area (Å²) >= 11 is 1.39. The molecule has 3 rings (SSSR count). The monoisotopic (exact) mass is 366 g/mol. The summed E-state index contributed by atoms with van der Waals surface area (Å²) in [5.41, 5.74) is 4.80. The van der Waals surface area contributed by atoms with Crippen LogP contribution in [0.2, 0.25) is 0 Å². The smallest absolute Gasteiger partial charge is 0.257 e. The van der Waals surface area contributed by atoms with Gasteiger partial charge in [0.1, 0.15) is 16.7 Å². The molecular formula is C20H22N4OS. The number of fused-ring (bicyclic) bond motifs is 1. The van der Waals surface area contributed by atoms with E-state index in [0.29, 0.717) is 16.1 Å². The number of carbonyl (C=O) groups is 1. The van der Waals surface area contributed by atoms with Crippen LogP contribution in [0.4, 0.5) is 5.00 Å². The van der Waals surface area contributed by atoms with Gasteiger partial charge in [0.15, 0.2) is 0 Å². The molecule has 0 aromatic carbocycles. The second kappa shape index (κ2) is 6.58.